The van der Waals surface area contributed by atoms with Crippen LogP contribution in [0.4, 0.5) is 0 Å². The zero-order chi connectivity index (χ0) is 13.8. The summed E-state index contributed by atoms with van der Waals surface area (Å²) in [6.45, 7) is 4.46. The molecule has 104 valence electrons. The summed E-state index contributed by atoms with van der Waals surface area (Å²) in [6.07, 6.45) is 4.94. The highest BCUT2D eigenvalue weighted by molar-refractivity contribution is 6.00. The number of hydrogen-bond acceptors (Lipinski definition) is 3. The molecule has 0 heterocycles. The van der Waals surface area contributed by atoms with Crippen molar-refractivity contribution < 1.29 is 9.53 Å². The van der Waals surface area contributed by atoms with Gasteiger partial charge in [-0.3, -0.25) is 4.79 Å². The maximum atomic E-state index is 12.3. The van der Waals surface area contributed by atoms with Gasteiger partial charge in [-0.15, -0.1) is 0 Å². The van der Waals surface area contributed by atoms with Gasteiger partial charge in [0, 0.05) is 6.04 Å². The number of rotatable bonds is 5. The molecule has 3 heteroatoms. The molecule has 1 aliphatic carbocycles. The molecule has 1 aromatic carbocycles. The molecule has 0 atom stereocenters. The van der Waals surface area contributed by atoms with Crippen molar-refractivity contribution in [2.24, 2.45) is 0 Å². The molecule has 1 aromatic rings. The van der Waals surface area contributed by atoms with Crippen LogP contribution in [-0.2, 0) is 0 Å². The number of benzene rings is 1. The van der Waals surface area contributed by atoms with Gasteiger partial charge in [0.25, 0.3) is 0 Å². The molecule has 1 N–H and O–H groups in total. The predicted molar refractivity (Wildman–Crippen MR) is 77.1 cm³/mol. The van der Waals surface area contributed by atoms with E-state index in [1.54, 1.807) is 7.11 Å². The Hall–Kier alpha value is -1.35. The van der Waals surface area contributed by atoms with Crippen molar-refractivity contribution in [3.05, 3.63) is 28.8 Å². The first-order chi connectivity index (χ1) is 9.11. The van der Waals surface area contributed by atoms with Gasteiger partial charge in [0.1, 0.15) is 5.75 Å². The molecule has 0 radical (unpaired) electrons. The Balaban J connectivity index is 2.07. The van der Waals surface area contributed by atoms with Gasteiger partial charge in [0.05, 0.1) is 19.2 Å². The first kappa shape index (κ1) is 14.1. The first-order valence-electron chi connectivity index (χ1n) is 7.03. The quantitative estimate of drug-likeness (QED) is 0.828. The van der Waals surface area contributed by atoms with Crippen molar-refractivity contribution >= 4 is 5.78 Å². The van der Waals surface area contributed by atoms with Gasteiger partial charge in [0.15, 0.2) is 5.78 Å². The lowest BCUT2D eigenvalue weighted by molar-refractivity contribution is 0.0984. The second-order valence-electron chi connectivity index (χ2n) is 5.42. The Morgan fingerprint density at radius 1 is 1.26 bits per heavy atom. The van der Waals surface area contributed by atoms with Crippen LogP contribution >= 0.6 is 0 Å². The molecule has 1 saturated carbocycles. The van der Waals surface area contributed by atoms with E-state index < -0.39 is 0 Å². The van der Waals surface area contributed by atoms with E-state index in [9.17, 15) is 4.79 Å². The van der Waals surface area contributed by atoms with E-state index in [1.807, 2.05) is 26.0 Å². The highest BCUT2D eigenvalue weighted by atomic mass is 16.5. The molecular formula is C16H23NO2. The zero-order valence-corrected chi connectivity index (χ0v) is 12.1. The number of carbonyl (C=O) groups is 1. The Labute approximate surface area is 115 Å². The molecule has 0 amide bonds. The van der Waals surface area contributed by atoms with Crippen LogP contribution in [0.25, 0.3) is 0 Å². The number of carbonyl (C=O) groups excluding carboxylic acids is 1. The minimum atomic E-state index is 0.117. The summed E-state index contributed by atoms with van der Waals surface area (Å²) in [6, 6.07) is 4.40. The third-order valence-electron chi connectivity index (χ3n) is 4.02. The molecule has 1 fully saturated rings. The largest absolute Gasteiger partial charge is 0.496 e. The molecule has 0 saturated heterocycles. The van der Waals surface area contributed by atoms with E-state index in [-0.39, 0.29) is 5.78 Å². The summed E-state index contributed by atoms with van der Waals surface area (Å²) in [5.74, 6) is 0.799. The molecule has 1 aliphatic rings. The molecule has 19 heavy (non-hydrogen) atoms. The average molecular weight is 261 g/mol. The lowest BCUT2D eigenvalue weighted by atomic mass is 10.0. The number of Topliss-reactive ketones (excluding diaryl/α,β-unsaturated/α-hetero) is 1. The number of aryl methyl sites for hydroxylation is 2. The van der Waals surface area contributed by atoms with Crippen molar-refractivity contribution in [3.63, 3.8) is 0 Å². The summed E-state index contributed by atoms with van der Waals surface area (Å²) >= 11 is 0. The highest BCUT2D eigenvalue weighted by Gasteiger charge is 2.18. The molecule has 0 unspecified atom stereocenters. The van der Waals surface area contributed by atoms with Gasteiger partial charge >= 0.3 is 0 Å². The second-order valence-corrected chi connectivity index (χ2v) is 5.42. The van der Waals surface area contributed by atoms with E-state index in [0.29, 0.717) is 23.9 Å². The van der Waals surface area contributed by atoms with Crippen LogP contribution in [0, 0.1) is 13.8 Å². The fourth-order valence-corrected chi connectivity index (χ4v) is 2.64. The van der Waals surface area contributed by atoms with Crippen LogP contribution < -0.4 is 10.1 Å². The number of ketones is 1. The van der Waals surface area contributed by atoms with E-state index in [1.165, 1.54) is 25.7 Å². The topological polar surface area (TPSA) is 38.3 Å². The fraction of sp³-hybridized carbons (Fsp3) is 0.562. The molecule has 2 rings (SSSR count). The maximum Gasteiger partial charge on any atom is 0.180 e. The van der Waals surface area contributed by atoms with Crippen molar-refractivity contribution in [1.82, 2.24) is 5.32 Å². The van der Waals surface area contributed by atoms with Crippen LogP contribution in [0.15, 0.2) is 12.1 Å². The predicted octanol–water partition coefficient (Wildman–Crippen LogP) is 3.03. The van der Waals surface area contributed by atoms with Gasteiger partial charge in [-0.05, 0) is 49.9 Å². The zero-order valence-electron chi connectivity index (χ0n) is 12.1. The Morgan fingerprint density at radius 3 is 2.53 bits per heavy atom. The summed E-state index contributed by atoms with van der Waals surface area (Å²) in [7, 11) is 1.62. The highest BCUT2D eigenvalue weighted by Crippen LogP contribution is 2.24. The van der Waals surface area contributed by atoms with E-state index in [0.717, 1.165) is 11.1 Å². The Morgan fingerprint density at radius 2 is 1.89 bits per heavy atom. The van der Waals surface area contributed by atoms with E-state index in [2.05, 4.69) is 5.32 Å². The first-order valence-corrected chi connectivity index (χ1v) is 7.03. The van der Waals surface area contributed by atoms with E-state index >= 15 is 0 Å². The van der Waals surface area contributed by atoms with Crippen LogP contribution in [0.3, 0.4) is 0 Å². The molecule has 0 aromatic heterocycles. The third-order valence-corrected chi connectivity index (χ3v) is 4.02. The third kappa shape index (κ3) is 3.35. The minimum Gasteiger partial charge on any atom is -0.496 e. The van der Waals surface area contributed by atoms with E-state index in [4.69, 9.17) is 4.74 Å². The number of nitrogens with one attached hydrogen (secondary N) is 1. The minimum absolute atomic E-state index is 0.117. The van der Waals surface area contributed by atoms with Gasteiger partial charge in [-0.1, -0.05) is 12.8 Å². The normalized spacial score (nSPS) is 15.7. The average Bonchev–Trinajstić information content (AvgIpc) is 2.91. The van der Waals surface area contributed by atoms with Crippen molar-refractivity contribution in [2.45, 2.75) is 45.6 Å². The van der Waals surface area contributed by atoms with Gasteiger partial charge in [0.2, 0.25) is 0 Å². The number of methoxy groups -OCH3 is 1. The lowest BCUT2D eigenvalue weighted by Crippen LogP contribution is -2.31. The molecular weight excluding hydrogens is 238 g/mol. The van der Waals surface area contributed by atoms with Crippen molar-refractivity contribution in [2.75, 3.05) is 13.7 Å². The lowest BCUT2D eigenvalue weighted by Gasteiger charge is -2.14. The van der Waals surface area contributed by atoms with Gasteiger partial charge in [-0.2, -0.15) is 0 Å². The van der Waals surface area contributed by atoms with Crippen LogP contribution in [0.1, 0.15) is 47.2 Å². The Bertz CT molecular complexity index is 462. The number of hydrogen-bond donors (Lipinski definition) is 1. The SMILES string of the molecule is COc1cc(C)c(C)cc1C(=O)CNC1CCCC1. The number of ether oxygens (including phenoxy) is 1. The molecule has 3 nitrogen and oxygen atoms in total. The Kier molecular flexibility index (Phi) is 4.59. The van der Waals surface area contributed by atoms with Crippen LogP contribution in [0.5, 0.6) is 5.75 Å². The van der Waals surface area contributed by atoms with Gasteiger partial charge in [-0.25, -0.2) is 0 Å². The monoisotopic (exact) mass is 261 g/mol. The summed E-state index contributed by atoms with van der Waals surface area (Å²) < 4.78 is 5.33. The fourth-order valence-electron chi connectivity index (χ4n) is 2.64. The summed E-state index contributed by atoms with van der Waals surface area (Å²) in [5, 5.41) is 3.36. The van der Waals surface area contributed by atoms with Crippen LogP contribution in [-0.4, -0.2) is 25.5 Å². The molecule has 0 spiro atoms. The summed E-state index contributed by atoms with van der Waals surface area (Å²) in [5.41, 5.74) is 2.97. The molecule has 0 aliphatic heterocycles. The van der Waals surface area contributed by atoms with Crippen LogP contribution in [0.2, 0.25) is 0 Å². The standard InChI is InChI=1S/C16H23NO2/c1-11-8-14(16(19-3)9-12(11)2)15(18)10-17-13-6-4-5-7-13/h8-9,13,17H,4-7,10H2,1-3H3. The van der Waals surface area contributed by atoms with Gasteiger partial charge < -0.3 is 10.1 Å². The maximum absolute atomic E-state index is 12.3. The summed E-state index contributed by atoms with van der Waals surface area (Å²) in [4.78, 5) is 12.3. The second kappa shape index (κ2) is 6.20. The molecule has 0 bridgehead atoms. The van der Waals surface area contributed by atoms with Crippen molar-refractivity contribution in [1.29, 1.82) is 0 Å². The van der Waals surface area contributed by atoms with Crippen molar-refractivity contribution in [3.8, 4) is 5.75 Å². The smallest absolute Gasteiger partial charge is 0.180 e.